The normalized spacial score (nSPS) is 16.6. The highest BCUT2D eigenvalue weighted by molar-refractivity contribution is 8.01. The predicted molar refractivity (Wildman–Crippen MR) is 159 cm³/mol. The zero-order chi connectivity index (χ0) is 30.0. The molecule has 1 aliphatic carbocycles. The van der Waals surface area contributed by atoms with E-state index in [1.54, 1.807) is 24.1 Å². The number of aromatic carboxylic acids is 1. The number of Topliss-reactive ketones (excluding diaryl/α,β-unsaturated/α-hetero) is 1. The first-order chi connectivity index (χ1) is 20.2. The van der Waals surface area contributed by atoms with Crippen molar-refractivity contribution in [3.05, 3.63) is 81.3 Å². The fourth-order valence-electron chi connectivity index (χ4n) is 4.90. The number of hydrogen-bond acceptors (Lipinski definition) is 11. The highest BCUT2D eigenvalue weighted by Gasteiger charge is 2.41. The number of carbonyl (C=O) groups is 3. The molecule has 2 aromatic carbocycles. The Balaban J connectivity index is 1.39. The third-order valence-electron chi connectivity index (χ3n) is 6.73. The number of aromatic nitrogens is 2. The number of nitriles is 1. The maximum Gasteiger partial charge on any atom is 0.337 e. The third kappa shape index (κ3) is 5.69. The summed E-state index contributed by atoms with van der Waals surface area (Å²) in [5.41, 5.74) is 8.91. The van der Waals surface area contributed by atoms with Crippen molar-refractivity contribution in [2.75, 3.05) is 23.1 Å². The van der Waals surface area contributed by atoms with Crippen LogP contribution in [0.4, 0.5) is 10.8 Å². The fourth-order valence-corrected chi connectivity index (χ4v) is 6.78. The van der Waals surface area contributed by atoms with E-state index in [1.807, 2.05) is 12.1 Å². The molecule has 0 fully saturated rings. The smallest absolute Gasteiger partial charge is 0.337 e. The molecule has 1 atom stereocenters. The molecule has 11 nitrogen and oxygen atoms in total. The van der Waals surface area contributed by atoms with E-state index in [1.165, 1.54) is 29.5 Å². The summed E-state index contributed by atoms with van der Waals surface area (Å²) < 4.78 is 5.84. The number of nitrogens with one attached hydrogen (secondary N) is 1. The number of carbonyl (C=O) groups excluding carboxylic acids is 2. The molecule has 1 amide bonds. The maximum atomic E-state index is 13.3. The van der Waals surface area contributed by atoms with Crippen LogP contribution in [0, 0.1) is 11.3 Å². The van der Waals surface area contributed by atoms with Crippen LogP contribution in [0.1, 0.15) is 41.1 Å². The van der Waals surface area contributed by atoms with Gasteiger partial charge in [0, 0.05) is 23.4 Å². The standard InChI is InChI=1S/C28H23ClN6O5S2/c1-40-16-5-2-4-14(10-16)23-18(12-30)25(31)35(20-6-3-7-21(36)24(20)23)27-33-34-28(42-27)41-13-22(37)32-15-8-9-19(29)17(11-15)26(38)39/h2,4-5,8-11,23H,3,6-7,13,31H2,1H3,(H,32,37)(H,38,39). The summed E-state index contributed by atoms with van der Waals surface area (Å²) in [6.45, 7) is 0. The predicted octanol–water partition coefficient (Wildman–Crippen LogP) is 4.93. The van der Waals surface area contributed by atoms with Gasteiger partial charge in [0.05, 0.1) is 41.0 Å². The van der Waals surface area contributed by atoms with Crippen LogP contribution in [0.15, 0.2) is 69.5 Å². The first-order valence-corrected chi connectivity index (χ1v) is 14.8. The lowest BCUT2D eigenvalue weighted by atomic mass is 9.76. The molecule has 1 aromatic heterocycles. The molecule has 214 valence electrons. The number of anilines is 2. The third-order valence-corrected chi connectivity index (χ3v) is 9.11. The van der Waals surface area contributed by atoms with E-state index < -0.39 is 11.9 Å². The van der Waals surface area contributed by atoms with Gasteiger partial charge < -0.3 is 20.9 Å². The van der Waals surface area contributed by atoms with Gasteiger partial charge in [0.15, 0.2) is 10.1 Å². The highest BCUT2D eigenvalue weighted by Crippen LogP contribution is 2.47. The van der Waals surface area contributed by atoms with Crippen molar-refractivity contribution in [1.29, 1.82) is 5.26 Å². The minimum atomic E-state index is -1.20. The van der Waals surface area contributed by atoms with Crippen molar-refractivity contribution in [3.63, 3.8) is 0 Å². The van der Waals surface area contributed by atoms with E-state index in [2.05, 4.69) is 21.6 Å². The second-order valence-corrected chi connectivity index (χ2v) is 11.9. The number of nitrogens with two attached hydrogens (primary N) is 1. The number of rotatable bonds is 8. The molecule has 0 bridgehead atoms. The van der Waals surface area contributed by atoms with Gasteiger partial charge in [-0.2, -0.15) is 5.26 Å². The van der Waals surface area contributed by atoms with E-state index in [0.29, 0.717) is 51.4 Å². The van der Waals surface area contributed by atoms with Gasteiger partial charge in [0.1, 0.15) is 11.6 Å². The van der Waals surface area contributed by atoms with Crippen molar-refractivity contribution in [3.8, 4) is 11.8 Å². The van der Waals surface area contributed by atoms with Crippen molar-refractivity contribution < 1.29 is 24.2 Å². The fraction of sp³-hybridized carbons (Fsp3) is 0.214. The van der Waals surface area contributed by atoms with Gasteiger partial charge in [0.25, 0.3) is 0 Å². The first-order valence-electron chi connectivity index (χ1n) is 12.6. The van der Waals surface area contributed by atoms with Crippen LogP contribution in [-0.2, 0) is 9.59 Å². The van der Waals surface area contributed by atoms with Crippen LogP contribution in [-0.4, -0.2) is 45.8 Å². The maximum absolute atomic E-state index is 13.3. The number of nitrogens with zero attached hydrogens (tertiary/aromatic N) is 4. The zero-order valence-electron chi connectivity index (χ0n) is 22.1. The Morgan fingerprint density at radius 3 is 2.83 bits per heavy atom. The van der Waals surface area contributed by atoms with Gasteiger partial charge in [-0.15, -0.1) is 10.2 Å². The number of carboxylic acid groups (broad SMARTS) is 1. The molecule has 1 aliphatic heterocycles. The Labute approximate surface area is 253 Å². The molecule has 0 spiro atoms. The van der Waals surface area contributed by atoms with Crippen molar-refractivity contribution in [2.24, 2.45) is 5.73 Å². The Hall–Kier alpha value is -4.38. The molecular formula is C28H23ClN6O5S2. The van der Waals surface area contributed by atoms with Gasteiger partial charge in [0.2, 0.25) is 11.0 Å². The summed E-state index contributed by atoms with van der Waals surface area (Å²) in [5.74, 6) is -1.54. The Bertz CT molecular complexity index is 1710. The molecule has 0 saturated heterocycles. The Kier molecular flexibility index (Phi) is 8.49. The number of amides is 1. The number of hydrogen-bond donors (Lipinski definition) is 3. The second-order valence-electron chi connectivity index (χ2n) is 9.28. The highest BCUT2D eigenvalue weighted by atomic mass is 35.5. The summed E-state index contributed by atoms with van der Waals surface area (Å²) in [6.07, 6.45) is 1.55. The lowest BCUT2D eigenvalue weighted by Gasteiger charge is -2.38. The van der Waals surface area contributed by atoms with E-state index >= 15 is 0 Å². The van der Waals surface area contributed by atoms with Crippen molar-refractivity contribution >= 4 is 63.2 Å². The quantitative estimate of drug-likeness (QED) is 0.291. The van der Waals surface area contributed by atoms with Gasteiger partial charge >= 0.3 is 5.97 Å². The number of allylic oxidation sites excluding steroid dienone is 3. The van der Waals surface area contributed by atoms with E-state index in [-0.39, 0.29) is 39.4 Å². The Morgan fingerprint density at radius 2 is 2.10 bits per heavy atom. The number of thioether (sulfide) groups is 1. The van der Waals surface area contributed by atoms with Gasteiger partial charge in [-0.3, -0.25) is 14.5 Å². The topological polar surface area (TPSA) is 172 Å². The molecular weight excluding hydrogens is 600 g/mol. The van der Waals surface area contributed by atoms with Gasteiger partial charge in [-0.25, -0.2) is 4.79 Å². The number of carboxylic acids is 1. The second kappa shape index (κ2) is 12.2. The summed E-state index contributed by atoms with van der Waals surface area (Å²) in [6, 6.07) is 13.6. The van der Waals surface area contributed by atoms with E-state index in [0.717, 1.165) is 17.3 Å². The molecule has 0 radical (unpaired) electrons. The average molecular weight is 623 g/mol. The number of methoxy groups -OCH3 is 1. The molecule has 2 heterocycles. The number of benzene rings is 2. The minimum absolute atomic E-state index is 0.0290. The van der Waals surface area contributed by atoms with Crippen LogP contribution in [0.3, 0.4) is 0 Å². The molecule has 5 rings (SSSR count). The summed E-state index contributed by atoms with van der Waals surface area (Å²) in [5, 5.41) is 31.0. The molecule has 4 N–H and O–H groups in total. The number of ether oxygens (including phenoxy) is 1. The van der Waals surface area contributed by atoms with Crippen LogP contribution in [0.2, 0.25) is 5.02 Å². The van der Waals surface area contributed by atoms with Crippen LogP contribution >= 0.6 is 34.7 Å². The van der Waals surface area contributed by atoms with Crippen LogP contribution in [0.5, 0.6) is 5.75 Å². The molecule has 3 aromatic rings. The monoisotopic (exact) mass is 622 g/mol. The molecule has 42 heavy (non-hydrogen) atoms. The minimum Gasteiger partial charge on any atom is -0.497 e. The van der Waals surface area contributed by atoms with Gasteiger partial charge in [-0.1, -0.05) is 46.8 Å². The van der Waals surface area contributed by atoms with Crippen molar-refractivity contribution in [2.45, 2.75) is 29.5 Å². The molecule has 2 aliphatic rings. The van der Waals surface area contributed by atoms with E-state index in [9.17, 15) is 24.8 Å². The lowest BCUT2D eigenvalue weighted by molar-refractivity contribution is -0.116. The largest absolute Gasteiger partial charge is 0.497 e. The van der Waals surface area contributed by atoms with Crippen molar-refractivity contribution in [1.82, 2.24) is 10.2 Å². The number of halogens is 1. The summed E-state index contributed by atoms with van der Waals surface area (Å²) in [7, 11) is 1.55. The summed E-state index contributed by atoms with van der Waals surface area (Å²) >= 11 is 8.20. The molecule has 1 unspecified atom stereocenters. The first kappa shape index (κ1) is 29.1. The van der Waals surface area contributed by atoms with E-state index in [4.69, 9.17) is 22.1 Å². The average Bonchev–Trinajstić information content (AvgIpc) is 3.45. The van der Waals surface area contributed by atoms with Gasteiger partial charge in [-0.05, 0) is 48.7 Å². The number of ketones is 1. The summed E-state index contributed by atoms with van der Waals surface area (Å²) in [4.78, 5) is 38.8. The van der Waals surface area contributed by atoms with Crippen LogP contribution < -0.4 is 20.7 Å². The zero-order valence-corrected chi connectivity index (χ0v) is 24.5. The molecule has 14 heteroatoms. The SMILES string of the molecule is COc1cccc(C2C(C#N)=C(N)N(c3nnc(SCC(=O)Nc4ccc(Cl)c(C(=O)O)c4)s3)C3=C2C(=O)CCC3)c1. The molecule has 0 saturated carbocycles. The van der Waals surface area contributed by atoms with Crippen LogP contribution in [0.25, 0.3) is 0 Å². The lowest BCUT2D eigenvalue weighted by Crippen LogP contribution is -2.38. The Morgan fingerprint density at radius 1 is 1.29 bits per heavy atom.